The second-order valence-corrected chi connectivity index (χ2v) is 7.11. The molecule has 0 spiro atoms. The van der Waals surface area contributed by atoms with Crippen molar-refractivity contribution in [2.24, 2.45) is 0 Å². The molecule has 0 aromatic heterocycles. The Hall–Kier alpha value is -1.40. The van der Waals surface area contributed by atoms with Crippen molar-refractivity contribution in [2.75, 3.05) is 0 Å². The van der Waals surface area contributed by atoms with E-state index in [0.717, 1.165) is 18.4 Å². The Morgan fingerprint density at radius 1 is 1.14 bits per heavy atom. The number of amides is 1. The summed E-state index contributed by atoms with van der Waals surface area (Å²) in [7, 11) is -3.70. The third kappa shape index (κ3) is 4.54. The number of nitrogens with one attached hydrogen (secondary N) is 1. The van der Waals surface area contributed by atoms with Gasteiger partial charge in [-0.3, -0.25) is 8.98 Å². The van der Waals surface area contributed by atoms with E-state index in [1.165, 1.54) is 6.92 Å². The lowest BCUT2D eigenvalue weighted by Crippen LogP contribution is -2.38. The molecule has 1 aromatic carbocycles. The SMILES string of the molecule is CC(=O)NC1CCC(OS(=O)(=O)c2ccc(C)cc2)CC1. The number of hydrogen-bond donors (Lipinski definition) is 1. The third-order valence-electron chi connectivity index (χ3n) is 3.65. The maximum Gasteiger partial charge on any atom is 0.297 e. The van der Waals surface area contributed by atoms with Gasteiger partial charge >= 0.3 is 0 Å². The second kappa shape index (κ2) is 6.58. The van der Waals surface area contributed by atoms with Crippen molar-refractivity contribution in [1.29, 1.82) is 0 Å². The first-order valence-corrected chi connectivity index (χ1v) is 8.55. The lowest BCUT2D eigenvalue weighted by Gasteiger charge is -2.28. The Labute approximate surface area is 125 Å². The molecule has 1 aromatic rings. The number of aryl methyl sites for hydroxylation is 1. The van der Waals surface area contributed by atoms with E-state index < -0.39 is 10.1 Å². The van der Waals surface area contributed by atoms with Crippen molar-refractivity contribution in [3.8, 4) is 0 Å². The predicted octanol–water partition coefficient (Wildman–Crippen LogP) is 2.15. The zero-order valence-electron chi connectivity index (χ0n) is 12.3. The number of hydrogen-bond acceptors (Lipinski definition) is 4. The maximum atomic E-state index is 12.2. The summed E-state index contributed by atoms with van der Waals surface area (Å²) in [6.07, 6.45) is 2.45. The lowest BCUT2D eigenvalue weighted by atomic mass is 9.93. The molecule has 0 bridgehead atoms. The normalized spacial score (nSPS) is 22.8. The van der Waals surface area contributed by atoms with E-state index in [2.05, 4.69) is 5.32 Å². The van der Waals surface area contributed by atoms with Gasteiger partial charge in [0.1, 0.15) is 0 Å². The lowest BCUT2D eigenvalue weighted by molar-refractivity contribution is -0.120. The summed E-state index contributed by atoms with van der Waals surface area (Å²) in [5, 5.41) is 2.86. The molecular formula is C15H21NO4S. The molecule has 1 fully saturated rings. The number of carbonyl (C=O) groups excluding carboxylic acids is 1. The molecule has 6 heteroatoms. The monoisotopic (exact) mass is 311 g/mol. The van der Waals surface area contributed by atoms with Gasteiger partial charge in [-0.15, -0.1) is 0 Å². The highest BCUT2D eigenvalue weighted by atomic mass is 32.2. The van der Waals surface area contributed by atoms with Gasteiger partial charge in [-0.1, -0.05) is 17.7 Å². The summed E-state index contributed by atoms with van der Waals surface area (Å²) in [6, 6.07) is 6.76. The van der Waals surface area contributed by atoms with Crippen molar-refractivity contribution in [3.05, 3.63) is 29.8 Å². The molecule has 21 heavy (non-hydrogen) atoms. The van der Waals surface area contributed by atoms with Crippen LogP contribution in [0, 0.1) is 6.92 Å². The Morgan fingerprint density at radius 2 is 1.71 bits per heavy atom. The molecule has 0 saturated heterocycles. The predicted molar refractivity (Wildman–Crippen MR) is 79.3 cm³/mol. The summed E-state index contributed by atoms with van der Waals surface area (Å²) in [5.41, 5.74) is 1.00. The summed E-state index contributed by atoms with van der Waals surface area (Å²) >= 11 is 0. The smallest absolute Gasteiger partial charge is 0.297 e. The Balaban J connectivity index is 1.93. The summed E-state index contributed by atoms with van der Waals surface area (Å²) in [5.74, 6) is -0.0494. The average Bonchev–Trinajstić information content (AvgIpc) is 2.40. The molecule has 1 aliphatic carbocycles. The van der Waals surface area contributed by atoms with Gasteiger partial charge in [0, 0.05) is 13.0 Å². The summed E-state index contributed by atoms with van der Waals surface area (Å²) in [4.78, 5) is 11.2. The van der Waals surface area contributed by atoms with Crippen molar-refractivity contribution >= 4 is 16.0 Å². The van der Waals surface area contributed by atoms with Crippen LogP contribution in [-0.2, 0) is 19.1 Å². The van der Waals surface area contributed by atoms with Crippen LogP contribution in [0.15, 0.2) is 29.2 Å². The van der Waals surface area contributed by atoms with E-state index in [9.17, 15) is 13.2 Å². The van der Waals surface area contributed by atoms with Crippen LogP contribution in [0.5, 0.6) is 0 Å². The molecule has 1 saturated carbocycles. The van der Waals surface area contributed by atoms with Crippen molar-refractivity contribution in [2.45, 2.75) is 56.6 Å². The number of benzene rings is 1. The van der Waals surface area contributed by atoms with Gasteiger partial charge in [-0.05, 0) is 44.7 Å². The van der Waals surface area contributed by atoms with Crippen LogP contribution in [0.1, 0.15) is 38.2 Å². The molecule has 2 rings (SSSR count). The van der Waals surface area contributed by atoms with Gasteiger partial charge in [0.25, 0.3) is 10.1 Å². The Morgan fingerprint density at radius 3 is 2.24 bits per heavy atom. The van der Waals surface area contributed by atoms with E-state index in [1.54, 1.807) is 24.3 Å². The van der Waals surface area contributed by atoms with Crippen LogP contribution in [0.3, 0.4) is 0 Å². The van der Waals surface area contributed by atoms with E-state index in [0.29, 0.717) is 12.8 Å². The molecule has 0 atom stereocenters. The first-order chi connectivity index (χ1) is 9.87. The standard InChI is InChI=1S/C15H21NO4S/c1-11-3-9-15(10-4-11)21(18,19)20-14-7-5-13(6-8-14)16-12(2)17/h3-4,9-10,13-14H,5-8H2,1-2H3,(H,16,17). The Kier molecular flexibility index (Phi) is 5.00. The molecule has 5 nitrogen and oxygen atoms in total. The highest BCUT2D eigenvalue weighted by molar-refractivity contribution is 7.86. The van der Waals surface area contributed by atoms with Crippen LogP contribution in [0.4, 0.5) is 0 Å². The largest absolute Gasteiger partial charge is 0.354 e. The molecule has 0 aliphatic heterocycles. The zero-order valence-corrected chi connectivity index (χ0v) is 13.2. The highest BCUT2D eigenvalue weighted by Crippen LogP contribution is 2.25. The van der Waals surface area contributed by atoms with E-state index >= 15 is 0 Å². The van der Waals surface area contributed by atoms with Crippen LogP contribution in [0.25, 0.3) is 0 Å². The molecule has 116 valence electrons. The second-order valence-electron chi connectivity index (χ2n) is 5.54. The summed E-state index contributed by atoms with van der Waals surface area (Å²) < 4.78 is 29.7. The number of rotatable bonds is 4. The zero-order chi connectivity index (χ0) is 15.5. The van der Waals surface area contributed by atoms with Gasteiger partial charge in [0.2, 0.25) is 5.91 Å². The molecule has 1 aliphatic rings. The van der Waals surface area contributed by atoms with E-state index in [1.807, 2.05) is 6.92 Å². The Bertz CT molecular complexity index is 587. The number of carbonyl (C=O) groups is 1. The first kappa shape index (κ1) is 16.0. The maximum absolute atomic E-state index is 12.2. The van der Waals surface area contributed by atoms with Crippen molar-refractivity contribution in [1.82, 2.24) is 5.32 Å². The first-order valence-electron chi connectivity index (χ1n) is 7.14. The fourth-order valence-corrected chi connectivity index (χ4v) is 3.66. The van der Waals surface area contributed by atoms with Crippen molar-refractivity contribution < 1.29 is 17.4 Å². The molecule has 1 amide bonds. The molecule has 1 N–H and O–H groups in total. The molecular weight excluding hydrogens is 290 g/mol. The third-order valence-corrected chi connectivity index (χ3v) is 5.03. The quantitative estimate of drug-likeness (QED) is 0.865. The minimum absolute atomic E-state index is 0.0494. The van der Waals surface area contributed by atoms with Gasteiger partial charge in [0.05, 0.1) is 11.0 Å². The van der Waals surface area contributed by atoms with Crippen LogP contribution < -0.4 is 5.32 Å². The van der Waals surface area contributed by atoms with E-state index in [4.69, 9.17) is 4.18 Å². The minimum Gasteiger partial charge on any atom is -0.354 e. The van der Waals surface area contributed by atoms with Gasteiger partial charge < -0.3 is 5.32 Å². The van der Waals surface area contributed by atoms with Crippen molar-refractivity contribution in [3.63, 3.8) is 0 Å². The minimum atomic E-state index is -3.70. The van der Waals surface area contributed by atoms with Crippen LogP contribution in [0.2, 0.25) is 0 Å². The molecule has 0 unspecified atom stereocenters. The molecule has 0 heterocycles. The van der Waals surface area contributed by atoms with Gasteiger partial charge in [0.15, 0.2) is 0 Å². The van der Waals surface area contributed by atoms with Crippen LogP contribution in [-0.4, -0.2) is 26.5 Å². The average molecular weight is 311 g/mol. The molecule has 0 radical (unpaired) electrons. The fraction of sp³-hybridized carbons (Fsp3) is 0.533. The topological polar surface area (TPSA) is 72.5 Å². The van der Waals surface area contributed by atoms with E-state index in [-0.39, 0.29) is 22.9 Å². The van der Waals surface area contributed by atoms with Crippen LogP contribution >= 0.6 is 0 Å². The highest BCUT2D eigenvalue weighted by Gasteiger charge is 2.27. The fourth-order valence-electron chi connectivity index (χ4n) is 2.53. The van der Waals surface area contributed by atoms with Gasteiger partial charge in [-0.25, -0.2) is 0 Å². The van der Waals surface area contributed by atoms with Gasteiger partial charge in [-0.2, -0.15) is 8.42 Å². The summed E-state index contributed by atoms with van der Waals surface area (Å²) in [6.45, 7) is 3.39.